The molecule has 0 radical (unpaired) electrons. The van der Waals surface area contributed by atoms with Crippen LogP contribution in [0, 0.1) is 0 Å². The summed E-state index contributed by atoms with van der Waals surface area (Å²) in [6.07, 6.45) is 2.16. The molecule has 1 heterocycles. The van der Waals surface area contributed by atoms with Crippen molar-refractivity contribution < 1.29 is 13.9 Å². The Labute approximate surface area is 153 Å². The number of ether oxygens (including phenoxy) is 2. The number of aliphatic imine (C=N–C) groups is 1. The maximum Gasteiger partial charge on any atom is 0.231 e. The molecule has 22 heavy (non-hydrogen) atoms. The van der Waals surface area contributed by atoms with Gasteiger partial charge in [0, 0.05) is 5.75 Å². The average molecular weight is 478 g/mol. The fourth-order valence-electron chi connectivity index (χ4n) is 1.43. The first-order valence-corrected chi connectivity index (χ1v) is 11.1. The highest BCUT2D eigenvalue weighted by molar-refractivity contribution is 14.2. The molecule has 0 aliphatic rings. The molecular weight excluding hydrogens is 464 g/mol. The van der Waals surface area contributed by atoms with Crippen LogP contribution in [0.4, 0.5) is 4.39 Å². The van der Waals surface area contributed by atoms with Gasteiger partial charge in [0.1, 0.15) is 22.1 Å². The molecule has 0 atom stereocenters. The van der Waals surface area contributed by atoms with E-state index < -0.39 is 0 Å². The third-order valence-electron chi connectivity index (χ3n) is 2.23. The number of nitrogens with zero attached hydrogens (tertiary/aromatic N) is 3. The zero-order valence-corrected chi connectivity index (χ0v) is 16.6. The van der Waals surface area contributed by atoms with Gasteiger partial charge in [-0.1, -0.05) is 32.3 Å². The quantitative estimate of drug-likeness (QED) is 0.198. The van der Waals surface area contributed by atoms with Crippen LogP contribution in [0.5, 0.6) is 5.88 Å². The van der Waals surface area contributed by atoms with Crippen LogP contribution in [0.3, 0.4) is 0 Å². The van der Waals surface area contributed by atoms with Crippen LogP contribution in [0.25, 0.3) is 12.2 Å². The standard InChI is InChI=1S/C12H14ClFIN3O2S2/c1-7(13)16-10(19-2)9-8(6-14)17-12(21-3)18-11(9)20-4-5-22-15/h6H,4-5H2,1-3H3/b8-6-,10-9-,16-7+. The fourth-order valence-corrected chi connectivity index (χ4v) is 2.55. The maximum atomic E-state index is 13.3. The minimum Gasteiger partial charge on any atom is -0.480 e. The molecule has 10 heteroatoms. The van der Waals surface area contributed by atoms with E-state index in [-0.39, 0.29) is 27.5 Å². The van der Waals surface area contributed by atoms with Crippen molar-refractivity contribution in [2.24, 2.45) is 4.99 Å². The van der Waals surface area contributed by atoms with Crippen molar-refractivity contribution in [1.82, 2.24) is 9.97 Å². The van der Waals surface area contributed by atoms with E-state index in [1.807, 2.05) is 0 Å². The Morgan fingerprint density at radius 2 is 2.23 bits per heavy atom. The second kappa shape index (κ2) is 10.5. The highest BCUT2D eigenvalue weighted by Gasteiger charge is 2.12. The van der Waals surface area contributed by atoms with Crippen molar-refractivity contribution in [3.05, 3.63) is 10.6 Å². The lowest BCUT2D eigenvalue weighted by molar-refractivity contribution is 0.315. The third kappa shape index (κ3) is 5.74. The summed E-state index contributed by atoms with van der Waals surface area (Å²) in [7, 11) is 3.01. The summed E-state index contributed by atoms with van der Waals surface area (Å²) in [4.78, 5) is 12.4. The summed E-state index contributed by atoms with van der Waals surface area (Å²) in [5.74, 6) is 1.07. The van der Waals surface area contributed by atoms with Crippen LogP contribution in [-0.2, 0) is 4.74 Å². The predicted molar refractivity (Wildman–Crippen MR) is 100.0 cm³/mol. The van der Waals surface area contributed by atoms with E-state index in [9.17, 15) is 4.39 Å². The van der Waals surface area contributed by atoms with E-state index in [4.69, 9.17) is 21.1 Å². The average Bonchev–Trinajstić information content (AvgIpc) is 2.52. The van der Waals surface area contributed by atoms with Gasteiger partial charge in [-0.15, -0.1) is 0 Å². The Morgan fingerprint density at radius 1 is 1.50 bits per heavy atom. The van der Waals surface area contributed by atoms with Gasteiger partial charge in [0.15, 0.2) is 5.16 Å². The van der Waals surface area contributed by atoms with Crippen molar-refractivity contribution in [2.45, 2.75) is 12.1 Å². The van der Waals surface area contributed by atoms with Crippen LogP contribution >= 0.6 is 53.5 Å². The van der Waals surface area contributed by atoms with Gasteiger partial charge in [0.25, 0.3) is 0 Å². The van der Waals surface area contributed by atoms with E-state index in [0.29, 0.717) is 18.1 Å². The van der Waals surface area contributed by atoms with Crippen molar-refractivity contribution >= 4 is 70.9 Å². The SMILES string of the molecule is COC(/N=C(\C)Cl)=c1\c(OCCSI)nc(SC)n\c1=C/F. The number of hydrogen-bond donors (Lipinski definition) is 0. The molecule has 122 valence electrons. The second-order valence-corrected chi connectivity index (χ2v) is 7.48. The molecule has 0 amide bonds. The van der Waals surface area contributed by atoms with Crippen LogP contribution in [0.2, 0.25) is 0 Å². The number of rotatable bonds is 7. The molecule has 0 saturated heterocycles. The van der Waals surface area contributed by atoms with Gasteiger partial charge < -0.3 is 9.47 Å². The summed E-state index contributed by atoms with van der Waals surface area (Å²) in [5.41, 5.74) is 0. The molecular formula is C12H14ClFIN3O2S2. The molecule has 0 N–H and O–H groups in total. The molecule has 0 saturated carbocycles. The monoisotopic (exact) mass is 477 g/mol. The van der Waals surface area contributed by atoms with E-state index in [0.717, 1.165) is 5.75 Å². The van der Waals surface area contributed by atoms with Crippen molar-refractivity contribution in [3.8, 4) is 5.88 Å². The second-order valence-electron chi connectivity index (χ2n) is 3.66. The zero-order valence-electron chi connectivity index (χ0n) is 12.1. The van der Waals surface area contributed by atoms with E-state index in [1.165, 1.54) is 18.9 Å². The lowest BCUT2D eigenvalue weighted by Gasteiger charge is -2.08. The molecule has 0 aliphatic heterocycles. The number of halogens is 3. The normalized spacial score (nSPS) is 14.1. The Kier molecular flexibility index (Phi) is 9.45. The van der Waals surface area contributed by atoms with Gasteiger partial charge in [0.05, 0.1) is 13.7 Å². The third-order valence-corrected chi connectivity index (χ3v) is 4.51. The van der Waals surface area contributed by atoms with E-state index >= 15 is 0 Å². The van der Waals surface area contributed by atoms with Gasteiger partial charge in [-0.05, 0) is 34.4 Å². The fraction of sp³-hybridized carbons (Fsp3) is 0.417. The highest BCUT2D eigenvalue weighted by atomic mass is 127. The molecule has 0 fully saturated rings. The van der Waals surface area contributed by atoms with Crippen LogP contribution < -0.4 is 15.3 Å². The Bertz CT molecular complexity index is 657. The smallest absolute Gasteiger partial charge is 0.231 e. The molecule has 1 aromatic heterocycles. The first kappa shape index (κ1) is 19.8. The Hall–Kier alpha value is -0.260. The zero-order chi connectivity index (χ0) is 16.5. The molecule has 1 rings (SSSR count). The lowest BCUT2D eigenvalue weighted by Crippen LogP contribution is -2.34. The van der Waals surface area contributed by atoms with E-state index in [1.54, 1.807) is 22.1 Å². The summed E-state index contributed by atoms with van der Waals surface area (Å²) in [6, 6.07) is 0. The van der Waals surface area contributed by atoms with Crippen molar-refractivity contribution in [3.63, 3.8) is 0 Å². The predicted octanol–water partition coefficient (Wildman–Crippen LogP) is 2.74. The summed E-state index contributed by atoms with van der Waals surface area (Å²) in [6.45, 7) is 2.00. The Balaban J connectivity index is 3.63. The van der Waals surface area contributed by atoms with Crippen LogP contribution in [-0.4, -0.2) is 40.9 Å². The number of methoxy groups -OCH3 is 1. The largest absolute Gasteiger partial charge is 0.480 e. The van der Waals surface area contributed by atoms with Crippen LogP contribution in [0.15, 0.2) is 10.1 Å². The van der Waals surface area contributed by atoms with Crippen molar-refractivity contribution in [2.75, 3.05) is 25.7 Å². The number of thioether (sulfide) groups is 1. The molecule has 1 aromatic rings. The molecule has 5 nitrogen and oxygen atoms in total. The molecule has 0 bridgehead atoms. The topological polar surface area (TPSA) is 56.6 Å². The molecule has 0 unspecified atom stereocenters. The molecule has 0 spiro atoms. The van der Waals surface area contributed by atoms with Crippen LogP contribution in [0.1, 0.15) is 6.92 Å². The van der Waals surface area contributed by atoms with Gasteiger partial charge >= 0.3 is 0 Å². The van der Waals surface area contributed by atoms with E-state index in [2.05, 4.69) is 36.2 Å². The molecule has 0 aliphatic carbocycles. The molecule has 0 aromatic carbocycles. The minimum atomic E-state index is 0.0370. The summed E-state index contributed by atoms with van der Waals surface area (Å²) < 4.78 is 24.1. The van der Waals surface area contributed by atoms with Gasteiger partial charge in [-0.25, -0.2) is 14.4 Å². The first-order chi connectivity index (χ1) is 10.6. The Morgan fingerprint density at radius 3 is 2.73 bits per heavy atom. The number of aromatic nitrogens is 2. The summed E-state index contributed by atoms with van der Waals surface area (Å²) in [5, 5.41) is 0.910. The number of hydrogen-bond acceptors (Lipinski definition) is 7. The minimum absolute atomic E-state index is 0.0370. The van der Waals surface area contributed by atoms with Gasteiger partial charge in [0.2, 0.25) is 11.8 Å². The van der Waals surface area contributed by atoms with Gasteiger partial charge in [-0.2, -0.15) is 4.98 Å². The lowest BCUT2D eigenvalue weighted by atomic mass is 10.4. The van der Waals surface area contributed by atoms with Crippen molar-refractivity contribution in [1.29, 1.82) is 0 Å². The maximum absolute atomic E-state index is 13.3. The highest BCUT2D eigenvalue weighted by Crippen LogP contribution is 2.12. The summed E-state index contributed by atoms with van der Waals surface area (Å²) >= 11 is 9.24. The van der Waals surface area contributed by atoms with Gasteiger partial charge in [-0.3, -0.25) is 0 Å². The first-order valence-electron chi connectivity index (χ1n) is 5.95.